The first-order valence-corrected chi connectivity index (χ1v) is 7.14. The molecule has 6 heteroatoms. The number of rotatable bonds is 2. The number of para-hydroxylation sites is 2. The van der Waals surface area contributed by atoms with Crippen molar-refractivity contribution in [2.24, 2.45) is 0 Å². The third-order valence-electron chi connectivity index (χ3n) is 3.12. The maximum Gasteiger partial charge on any atom is 0.172 e. The first kappa shape index (κ1) is 12.3. The predicted molar refractivity (Wildman–Crippen MR) is 79.7 cm³/mol. The molecule has 0 aliphatic carbocycles. The van der Waals surface area contributed by atoms with Crippen molar-refractivity contribution in [1.29, 1.82) is 0 Å². The monoisotopic (exact) mass is 296 g/mol. The number of nitrogens with zero attached hydrogens (tertiary/aromatic N) is 3. The Morgan fingerprint density at radius 1 is 1.00 bits per heavy atom. The Labute approximate surface area is 123 Å². The zero-order valence-corrected chi connectivity index (χ0v) is 11.6. The summed E-state index contributed by atoms with van der Waals surface area (Å²) in [5, 5.41) is 2.09. The Morgan fingerprint density at radius 3 is 2.81 bits per heavy atom. The summed E-state index contributed by atoms with van der Waals surface area (Å²) in [7, 11) is 0. The third-order valence-corrected chi connectivity index (χ3v) is 4.03. The third kappa shape index (κ3) is 2.23. The van der Waals surface area contributed by atoms with E-state index in [-0.39, 0.29) is 5.82 Å². The van der Waals surface area contributed by atoms with Gasteiger partial charge in [0.1, 0.15) is 17.2 Å². The van der Waals surface area contributed by atoms with E-state index in [1.165, 1.54) is 30.2 Å². The van der Waals surface area contributed by atoms with E-state index in [9.17, 15) is 4.39 Å². The molecule has 4 nitrogen and oxygen atoms in total. The fourth-order valence-corrected chi connectivity index (χ4v) is 3.02. The van der Waals surface area contributed by atoms with Crippen molar-refractivity contribution >= 4 is 33.7 Å². The molecule has 0 amide bonds. The van der Waals surface area contributed by atoms with E-state index in [1.807, 2.05) is 24.3 Å². The highest BCUT2D eigenvalue weighted by molar-refractivity contribution is 7.99. The van der Waals surface area contributed by atoms with Gasteiger partial charge in [-0.05, 0) is 42.1 Å². The molecule has 4 rings (SSSR count). The van der Waals surface area contributed by atoms with Gasteiger partial charge in [0.25, 0.3) is 0 Å². The van der Waals surface area contributed by atoms with Gasteiger partial charge in [0.2, 0.25) is 0 Å². The topological polar surface area (TPSA) is 54.5 Å². The average Bonchev–Trinajstić information content (AvgIpc) is 2.90. The second kappa shape index (κ2) is 4.82. The molecule has 2 aromatic carbocycles. The van der Waals surface area contributed by atoms with E-state index in [0.29, 0.717) is 15.9 Å². The molecule has 0 atom stereocenters. The van der Waals surface area contributed by atoms with E-state index in [1.54, 1.807) is 6.07 Å². The number of nitrogens with one attached hydrogen (secondary N) is 1. The van der Waals surface area contributed by atoms with Crippen LogP contribution < -0.4 is 0 Å². The Balaban J connectivity index is 1.81. The Hall–Kier alpha value is -2.47. The molecule has 0 aliphatic heterocycles. The standard InChI is InChI=1S/C15H9FN4S/c16-9-5-6-11-10(7-9)14(18-8-17-11)21-15-19-12-3-1-2-4-13(12)20-15/h1-8H,(H,19,20). The summed E-state index contributed by atoms with van der Waals surface area (Å²) < 4.78 is 13.4. The van der Waals surface area contributed by atoms with Gasteiger partial charge in [-0.25, -0.2) is 19.3 Å². The van der Waals surface area contributed by atoms with Crippen molar-refractivity contribution in [3.8, 4) is 0 Å². The quantitative estimate of drug-likeness (QED) is 0.572. The molecule has 0 unspecified atom stereocenters. The molecule has 102 valence electrons. The lowest BCUT2D eigenvalue weighted by Gasteiger charge is -2.02. The molecule has 21 heavy (non-hydrogen) atoms. The van der Waals surface area contributed by atoms with Crippen molar-refractivity contribution < 1.29 is 4.39 Å². The van der Waals surface area contributed by atoms with E-state index in [0.717, 1.165) is 16.2 Å². The molecule has 4 aromatic rings. The molecule has 0 saturated heterocycles. The lowest BCUT2D eigenvalue weighted by molar-refractivity contribution is 0.629. The molecule has 0 spiro atoms. The van der Waals surface area contributed by atoms with Gasteiger partial charge in [-0.2, -0.15) is 0 Å². The van der Waals surface area contributed by atoms with Crippen LogP contribution in [0.2, 0.25) is 0 Å². The number of imidazole rings is 1. The molecule has 1 N–H and O–H groups in total. The molecule has 0 saturated carbocycles. The minimum absolute atomic E-state index is 0.302. The smallest absolute Gasteiger partial charge is 0.172 e. The Bertz CT molecular complexity index is 918. The molecular formula is C15H9FN4S. The normalized spacial score (nSPS) is 11.3. The van der Waals surface area contributed by atoms with E-state index >= 15 is 0 Å². The largest absolute Gasteiger partial charge is 0.333 e. The van der Waals surface area contributed by atoms with Gasteiger partial charge >= 0.3 is 0 Å². The fraction of sp³-hybridized carbons (Fsp3) is 0. The van der Waals surface area contributed by atoms with Gasteiger partial charge in [-0.1, -0.05) is 12.1 Å². The molecule has 2 aromatic heterocycles. The lowest BCUT2D eigenvalue weighted by Crippen LogP contribution is -1.88. The zero-order chi connectivity index (χ0) is 14.2. The summed E-state index contributed by atoms with van der Waals surface area (Å²) >= 11 is 1.37. The van der Waals surface area contributed by atoms with Crippen LogP contribution in [0.15, 0.2) is 59.0 Å². The minimum atomic E-state index is -0.302. The number of halogens is 1. The summed E-state index contributed by atoms with van der Waals surface area (Å²) in [5.74, 6) is -0.302. The maximum absolute atomic E-state index is 13.4. The molecule has 0 fully saturated rings. The Kier molecular flexibility index (Phi) is 2.82. The minimum Gasteiger partial charge on any atom is -0.333 e. The fourth-order valence-electron chi connectivity index (χ4n) is 2.16. The molecule has 2 heterocycles. The van der Waals surface area contributed by atoms with Crippen LogP contribution in [-0.4, -0.2) is 19.9 Å². The SMILES string of the molecule is Fc1ccc2ncnc(Sc3nc4ccccc4[nH]3)c2c1. The van der Waals surface area contributed by atoms with Crippen molar-refractivity contribution in [3.63, 3.8) is 0 Å². The first-order valence-electron chi connectivity index (χ1n) is 6.32. The lowest BCUT2D eigenvalue weighted by atomic mass is 10.2. The number of hydrogen-bond acceptors (Lipinski definition) is 4. The van der Waals surface area contributed by atoms with Crippen LogP contribution in [0.5, 0.6) is 0 Å². The summed E-state index contributed by atoms with van der Waals surface area (Å²) in [6.45, 7) is 0. The number of H-pyrrole nitrogens is 1. The molecule has 0 aliphatic rings. The second-order valence-corrected chi connectivity index (χ2v) is 5.48. The highest BCUT2D eigenvalue weighted by Crippen LogP contribution is 2.30. The van der Waals surface area contributed by atoms with Crippen LogP contribution >= 0.6 is 11.8 Å². The van der Waals surface area contributed by atoms with E-state index < -0.39 is 0 Å². The van der Waals surface area contributed by atoms with Gasteiger partial charge < -0.3 is 4.98 Å². The molecule has 0 radical (unpaired) electrons. The van der Waals surface area contributed by atoms with Crippen LogP contribution in [0.4, 0.5) is 4.39 Å². The number of hydrogen-bond donors (Lipinski definition) is 1. The van der Waals surface area contributed by atoms with Crippen LogP contribution in [0.25, 0.3) is 21.9 Å². The molecule has 0 bridgehead atoms. The van der Waals surface area contributed by atoms with E-state index in [2.05, 4.69) is 19.9 Å². The number of aromatic nitrogens is 4. The zero-order valence-electron chi connectivity index (χ0n) is 10.7. The number of benzene rings is 2. The summed E-state index contributed by atoms with van der Waals surface area (Å²) in [6.07, 6.45) is 1.48. The van der Waals surface area contributed by atoms with Crippen LogP contribution in [0, 0.1) is 5.82 Å². The maximum atomic E-state index is 13.4. The van der Waals surface area contributed by atoms with Gasteiger partial charge in [0, 0.05) is 5.39 Å². The number of fused-ring (bicyclic) bond motifs is 2. The second-order valence-electron chi connectivity index (χ2n) is 4.50. The van der Waals surface area contributed by atoms with Gasteiger partial charge in [0.15, 0.2) is 5.16 Å². The number of aromatic amines is 1. The molecular weight excluding hydrogens is 287 g/mol. The summed E-state index contributed by atoms with van der Waals surface area (Å²) in [6, 6.07) is 12.3. The van der Waals surface area contributed by atoms with Crippen LogP contribution in [0.3, 0.4) is 0 Å². The van der Waals surface area contributed by atoms with Gasteiger partial charge in [-0.3, -0.25) is 0 Å². The van der Waals surface area contributed by atoms with Crippen molar-refractivity contribution in [3.05, 3.63) is 54.6 Å². The van der Waals surface area contributed by atoms with Crippen molar-refractivity contribution in [2.75, 3.05) is 0 Å². The Morgan fingerprint density at radius 2 is 1.90 bits per heavy atom. The highest BCUT2D eigenvalue weighted by atomic mass is 32.2. The van der Waals surface area contributed by atoms with Crippen molar-refractivity contribution in [1.82, 2.24) is 19.9 Å². The summed E-state index contributed by atoms with van der Waals surface area (Å²) in [4.78, 5) is 16.1. The van der Waals surface area contributed by atoms with Crippen LogP contribution in [-0.2, 0) is 0 Å². The highest BCUT2D eigenvalue weighted by Gasteiger charge is 2.10. The first-order chi connectivity index (χ1) is 10.3. The van der Waals surface area contributed by atoms with Crippen molar-refractivity contribution in [2.45, 2.75) is 10.2 Å². The average molecular weight is 296 g/mol. The predicted octanol–water partition coefficient (Wildman–Crippen LogP) is 3.80. The van der Waals surface area contributed by atoms with Gasteiger partial charge in [0.05, 0.1) is 16.6 Å². The summed E-state index contributed by atoms with van der Waals surface area (Å²) in [5.41, 5.74) is 2.57. The van der Waals surface area contributed by atoms with Crippen LogP contribution in [0.1, 0.15) is 0 Å². The van der Waals surface area contributed by atoms with E-state index in [4.69, 9.17) is 0 Å². The van der Waals surface area contributed by atoms with Gasteiger partial charge in [-0.15, -0.1) is 0 Å².